The lowest BCUT2D eigenvalue weighted by atomic mass is 9.97. The van der Waals surface area contributed by atoms with Crippen LogP contribution in [0.5, 0.6) is 0 Å². The minimum atomic E-state index is -0.583. The molecule has 6 nitrogen and oxygen atoms in total. The summed E-state index contributed by atoms with van der Waals surface area (Å²) >= 11 is 0. The van der Waals surface area contributed by atoms with Gasteiger partial charge in [0.15, 0.2) is 0 Å². The van der Waals surface area contributed by atoms with Crippen LogP contribution in [0.1, 0.15) is 35.7 Å². The first-order chi connectivity index (χ1) is 16.5. The van der Waals surface area contributed by atoms with Crippen LogP contribution in [0, 0.1) is 11.7 Å². The van der Waals surface area contributed by atoms with Crippen molar-refractivity contribution in [1.29, 1.82) is 0 Å². The van der Waals surface area contributed by atoms with E-state index in [1.54, 1.807) is 24.3 Å². The van der Waals surface area contributed by atoms with E-state index < -0.39 is 11.8 Å². The number of piperidine rings is 1. The predicted molar refractivity (Wildman–Crippen MR) is 134 cm³/mol. The average molecular weight is 461 g/mol. The van der Waals surface area contributed by atoms with Gasteiger partial charge >= 0.3 is 6.03 Å². The monoisotopic (exact) mass is 460 g/mol. The second-order valence-electron chi connectivity index (χ2n) is 8.63. The minimum Gasteiger partial charge on any atom is -0.371 e. The Labute approximate surface area is 199 Å². The number of anilines is 3. The van der Waals surface area contributed by atoms with Gasteiger partial charge in [0.25, 0.3) is 5.91 Å². The molecule has 0 atom stereocenters. The number of nitrogens with zero attached hydrogens (tertiary/aromatic N) is 1. The molecular weight excluding hydrogens is 431 g/mol. The molecule has 0 spiro atoms. The molecule has 1 fully saturated rings. The summed E-state index contributed by atoms with van der Waals surface area (Å²) in [5.74, 6) is -0.0708. The molecule has 0 saturated carbocycles. The molecule has 34 heavy (non-hydrogen) atoms. The van der Waals surface area contributed by atoms with Crippen molar-refractivity contribution in [3.63, 3.8) is 0 Å². The number of carbonyl (C=O) groups excluding carboxylic acids is 2. The average Bonchev–Trinajstić information content (AvgIpc) is 2.85. The van der Waals surface area contributed by atoms with Gasteiger partial charge < -0.3 is 20.9 Å². The van der Waals surface area contributed by atoms with E-state index in [0.717, 1.165) is 37.2 Å². The van der Waals surface area contributed by atoms with Gasteiger partial charge in [0.2, 0.25) is 0 Å². The summed E-state index contributed by atoms with van der Waals surface area (Å²) in [6.07, 6.45) is 2.13. The molecule has 1 aliphatic rings. The number of urea groups is 1. The fraction of sp³-hybridized carbons (Fsp3) is 0.259. The van der Waals surface area contributed by atoms with Gasteiger partial charge in [-0.05, 0) is 54.7 Å². The predicted octanol–water partition coefficient (Wildman–Crippen LogP) is 5.64. The summed E-state index contributed by atoms with van der Waals surface area (Å²) in [6.45, 7) is 4.40. The van der Waals surface area contributed by atoms with Crippen LogP contribution in [-0.4, -0.2) is 25.0 Å². The molecule has 3 N–H and O–H groups in total. The van der Waals surface area contributed by atoms with Crippen molar-refractivity contribution in [2.24, 2.45) is 5.92 Å². The zero-order valence-corrected chi connectivity index (χ0v) is 19.2. The number of halogens is 1. The van der Waals surface area contributed by atoms with E-state index in [1.807, 2.05) is 36.4 Å². The van der Waals surface area contributed by atoms with Gasteiger partial charge in [-0.15, -0.1) is 0 Å². The van der Waals surface area contributed by atoms with Crippen LogP contribution in [-0.2, 0) is 6.54 Å². The number of rotatable bonds is 6. The summed E-state index contributed by atoms with van der Waals surface area (Å²) in [4.78, 5) is 27.9. The lowest BCUT2D eigenvalue weighted by Gasteiger charge is -2.33. The van der Waals surface area contributed by atoms with E-state index in [0.29, 0.717) is 23.7 Å². The Balaban J connectivity index is 1.53. The Morgan fingerprint density at radius 3 is 2.38 bits per heavy atom. The van der Waals surface area contributed by atoms with Crippen LogP contribution in [0.3, 0.4) is 0 Å². The third kappa shape index (κ3) is 5.92. The zero-order chi connectivity index (χ0) is 23.9. The number of hydrogen-bond donors (Lipinski definition) is 3. The van der Waals surface area contributed by atoms with Gasteiger partial charge in [-0.25, -0.2) is 9.18 Å². The van der Waals surface area contributed by atoms with Gasteiger partial charge in [0.05, 0.1) is 11.3 Å². The lowest BCUT2D eigenvalue weighted by Crippen LogP contribution is -2.35. The highest BCUT2D eigenvalue weighted by molar-refractivity contribution is 6.04. The van der Waals surface area contributed by atoms with Crippen molar-refractivity contribution in [2.45, 2.75) is 26.3 Å². The van der Waals surface area contributed by atoms with Crippen molar-refractivity contribution in [2.75, 3.05) is 28.6 Å². The van der Waals surface area contributed by atoms with Crippen LogP contribution in [0.2, 0.25) is 0 Å². The molecule has 1 aliphatic heterocycles. The molecule has 176 valence electrons. The van der Waals surface area contributed by atoms with Crippen molar-refractivity contribution >= 4 is 29.0 Å². The fourth-order valence-electron chi connectivity index (χ4n) is 4.04. The van der Waals surface area contributed by atoms with Crippen molar-refractivity contribution in [3.8, 4) is 0 Å². The largest absolute Gasteiger partial charge is 0.371 e. The third-order valence-electron chi connectivity index (χ3n) is 6.04. The Morgan fingerprint density at radius 1 is 0.941 bits per heavy atom. The summed E-state index contributed by atoms with van der Waals surface area (Å²) in [7, 11) is 0. The molecule has 1 heterocycles. The highest BCUT2D eigenvalue weighted by atomic mass is 19.1. The van der Waals surface area contributed by atoms with Crippen molar-refractivity contribution < 1.29 is 14.0 Å². The first-order valence-electron chi connectivity index (χ1n) is 11.5. The number of nitrogens with one attached hydrogen (secondary N) is 3. The maximum absolute atomic E-state index is 13.9. The number of amides is 3. The Morgan fingerprint density at radius 2 is 1.65 bits per heavy atom. The topological polar surface area (TPSA) is 73.5 Å². The molecule has 3 aromatic carbocycles. The second-order valence-corrected chi connectivity index (χ2v) is 8.63. The molecule has 0 unspecified atom stereocenters. The molecule has 1 saturated heterocycles. The Hall–Kier alpha value is -3.87. The van der Waals surface area contributed by atoms with E-state index in [9.17, 15) is 14.0 Å². The minimum absolute atomic E-state index is 0.0832. The van der Waals surface area contributed by atoms with Crippen LogP contribution in [0.4, 0.5) is 26.2 Å². The summed E-state index contributed by atoms with van der Waals surface area (Å²) in [5, 5.41) is 8.20. The van der Waals surface area contributed by atoms with Crippen molar-refractivity contribution in [1.82, 2.24) is 5.32 Å². The quantitative estimate of drug-likeness (QED) is 0.446. The summed E-state index contributed by atoms with van der Waals surface area (Å²) < 4.78 is 13.9. The number of para-hydroxylation sites is 1. The van der Waals surface area contributed by atoms with Gasteiger partial charge in [0.1, 0.15) is 5.82 Å². The molecule has 0 aliphatic carbocycles. The number of hydrogen-bond acceptors (Lipinski definition) is 3. The molecule has 0 radical (unpaired) electrons. The van der Waals surface area contributed by atoms with Gasteiger partial charge in [-0.2, -0.15) is 0 Å². The highest BCUT2D eigenvalue weighted by Crippen LogP contribution is 2.29. The molecule has 7 heteroatoms. The summed E-state index contributed by atoms with van der Waals surface area (Å²) in [6, 6.07) is 20.4. The van der Waals surface area contributed by atoms with E-state index in [1.165, 1.54) is 12.1 Å². The standard InChI is InChI=1S/C27H29FN4O2/c1-19-13-15-32(16-14-19)25-12-11-21(30-27(34)31-24-10-6-5-9-23(24)28)17-22(25)26(33)29-18-20-7-3-2-4-8-20/h2-12,17,19H,13-16,18H2,1H3,(H,29,33)(H2,30,31,34). The Bertz CT molecular complexity index is 1140. The molecule has 4 rings (SSSR count). The highest BCUT2D eigenvalue weighted by Gasteiger charge is 2.22. The van der Waals surface area contributed by atoms with E-state index >= 15 is 0 Å². The first-order valence-corrected chi connectivity index (χ1v) is 11.5. The van der Waals surface area contributed by atoms with Crippen LogP contribution >= 0.6 is 0 Å². The molecule has 0 aromatic heterocycles. The first kappa shape index (κ1) is 23.3. The van der Waals surface area contributed by atoms with Crippen LogP contribution < -0.4 is 20.9 Å². The smallest absolute Gasteiger partial charge is 0.323 e. The van der Waals surface area contributed by atoms with Crippen LogP contribution in [0.15, 0.2) is 72.8 Å². The van der Waals surface area contributed by atoms with Gasteiger partial charge in [0, 0.05) is 31.0 Å². The van der Waals surface area contributed by atoms with E-state index in [2.05, 4.69) is 27.8 Å². The SMILES string of the molecule is CC1CCN(c2ccc(NC(=O)Nc3ccccc3F)cc2C(=O)NCc2ccccc2)CC1. The number of carbonyl (C=O) groups is 2. The van der Waals surface area contributed by atoms with Crippen molar-refractivity contribution in [3.05, 3.63) is 89.7 Å². The lowest BCUT2D eigenvalue weighted by molar-refractivity contribution is 0.0951. The fourth-order valence-corrected chi connectivity index (χ4v) is 4.04. The third-order valence-corrected chi connectivity index (χ3v) is 6.04. The van der Waals surface area contributed by atoms with E-state index in [4.69, 9.17) is 0 Å². The molecule has 3 aromatic rings. The second kappa shape index (κ2) is 10.8. The normalized spacial score (nSPS) is 13.9. The van der Waals surface area contributed by atoms with Crippen LogP contribution in [0.25, 0.3) is 0 Å². The van der Waals surface area contributed by atoms with Gasteiger partial charge in [-0.1, -0.05) is 49.4 Å². The molecule has 0 bridgehead atoms. The maximum Gasteiger partial charge on any atom is 0.323 e. The van der Waals surface area contributed by atoms with Gasteiger partial charge in [-0.3, -0.25) is 4.79 Å². The zero-order valence-electron chi connectivity index (χ0n) is 19.2. The Kier molecular flexibility index (Phi) is 7.42. The number of benzene rings is 3. The van der Waals surface area contributed by atoms with E-state index in [-0.39, 0.29) is 11.6 Å². The summed E-state index contributed by atoms with van der Waals surface area (Å²) in [5.41, 5.74) is 2.88. The molecule has 3 amide bonds. The molecular formula is C27H29FN4O2. The maximum atomic E-state index is 13.9.